The first-order valence-electron chi connectivity index (χ1n) is 8.70. The Morgan fingerprint density at radius 2 is 1.88 bits per heavy atom. The molecule has 1 amide bonds. The standard InChI is InChI=1S/C20H24N2O2S2/c1-20(2,3)24-18-17(23)21(11-9-15-7-5-4-6-8-15)19(25)22(18)13-16-10-12-26-14-16/h4-8,10,12,14,18H,9,11,13H2,1-3H3. The molecule has 26 heavy (non-hydrogen) atoms. The van der Waals surface area contributed by atoms with Crippen molar-refractivity contribution in [2.24, 2.45) is 0 Å². The van der Waals surface area contributed by atoms with E-state index >= 15 is 0 Å². The summed E-state index contributed by atoms with van der Waals surface area (Å²) in [5.41, 5.74) is 1.89. The Morgan fingerprint density at radius 3 is 2.50 bits per heavy atom. The number of carbonyl (C=O) groups is 1. The number of benzene rings is 1. The third-order valence-electron chi connectivity index (χ3n) is 4.10. The topological polar surface area (TPSA) is 32.8 Å². The maximum absolute atomic E-state index is 13.0. The summed E-state index contributed by atoms with van der Waals surface area (Å²) in [6.07, 6.45) is 0.0968. The number of carbonyl (C=O) groups excluding carboxylic acids is 1. The Hall–Kier alpha value is -1.76. The first-order valence-corrected chi connectivity index (χ1v) is 10.0. The van der Waals surface area contributed by atoms with Gasteiger partial charge in [-0.25, -0.2) is 0 Å². The zero-order chi connectivity index (χ0) is 18.7. The second-order valence-electron chi connectivity index (χ2n) is 7.35. The minimum atomic E-state index is -0.668. The van der Waals surface area contributed by atoms with E-state index < -0.39 is 11.8 Å². The Labute approximate surface area is 164 Å². The summed E-state index contributed by atoms with van der Waals surface area (Å²) < 4.78 is 6.08. The van der Waals surface area contributed by atoms with Gasteiger partial charge in [-0.3, -0.25) is 9.69 Å². The second kappa shape index (κ2) is 7.86. The Balaban J connectivity index is 1.77. The molecule has 3 rings (SSSR count). The summed E-state index contributed by atoms with van der Waals surface area (Å²) >= 11 is 7.29. The predicted octanol–water partition coefficient (Wildman–Crippen LogP) is 4.06. The number of hydrogen-bond acceptors (Lipinski definition) is 4. The fraction of sp³-hybridized carbons (Fsp3) is 0.400. The normalized spacial score (nSPS) is 18.0. The lowest BCUT2D eigenvalue weighted by Gasteiger charge is -2.29. The van der Waals surface area contributed by atoms with E-state index in [0.717, 1.165) is 12.0 Å². The van der Waals surface area contributed by atoms with Gasteiger partial charge in [-0.1, -0.05) is 30.3 Å². The van der Waals surface area contributed by atoms with Crippen LogP contribution in [-0.4, -0.2) is 39.2 Å². The number of rotatable bonds is 6. The van der Waals surface area contributed by atoms with E-state index in [-0.39, 0.29) is 5.91 Å². The van der Waals surface area contributed by atoms with Crippen LogP contribution < -0.4 is 0 Å². The molecule has 0 saturated carbocycles. The number of ether oxygens (including phenoxy) is 1. The third kappa shape index (κ3) is 4.50. The van der Waals surface area contributed by atoms with Gasteiger partial charge in [0.25, 0.3) is 5.91 Å². The van der Waals surface area contributed by atoms with Crippen molar-refractivity contribution in [3.05, 3.63) is 58.3 Å². The average Bonchev–Trinajstić information content (AvgIpc) is 3.17. The number of thiocarbonyl (C=S) groups is 1. The summed E-state index contributed by atoms with van der Waals surface area (Å²) in [5.74, 6) is -0.0731. The molecule has 1 fully saturated rings. The molecule has 2 heterocycles. The molecule has 2 aromatic rings. The summed E-state index contributed by atoms with van der Waals surface area (Å²) in [7, 11) is 0. The van der Waals surface area contributed by atoms with Crippen LogP contribution in [0, 0.1) is 0 Å². The van der Waals surface area contributed by atoms with Crippen molar-refractivity contribution in [2.45, 2.75) is 45.6 Å². The molecule has 0 radical (unpaired) electrons. The molecule has 1 aliphatic heterocycles. The van der Waals surface area contributed by atoms with Crippen molar-refractivity contribution in [1.82, 2.24) is 9.80 Å². The lowest BCUT2D eigenvalue weighted by atomic mass is 10.1. The van der Waals surface area contributed by atoms with Gasteiger partial charge < -0.3 is 9.64 Å². The van der Waals surface area contributed by atoms with Crippen molar-refractivity contribution < 1.29 is 9.53 Å². The van der Waals surface area contributed by atoms with E-state index in [2.05, 4.69) is 23.6 Å². The highest BCUT2D eigenvalue weighted by atomic mass is 32.1. The Morgan fingerprint density at radius 1 is 1.15 bits per heavy atom. The number of nitrogens with zero attached hydrogens (tertiary/aromatic N) is 2. The molecule has 6 heteroatoms. The molecular formula is C20H24N2O2S2. The summed E-state index contributed by atoms with van der Waals surface area (Å²) in [5, 5.41) is 4.66. The van der Waals surface area contributed by atoms with Crippen LogP contribution in [0.25, 0.3) is 0 Å². The highest BCUT2D eigenvalue weighted by molar-refractivity contribution is 7.80. The van der Waals surface area contributed by atoms with Crippen LogP contribution in [0.3, 0.4) is 0 Å². The molecular weight excluding hydrogens is 364 g/mol. The quantitative estimate of drug-likeness (QED) is 0.699. The molecule has 138 valence electrons. The Kier molecular flexibility index (Phi) is 5.75. The fourth-order valence-electron chi connectivity index (χ4n) is 2.89. The van der Waals surface area contributed by atoms with Crippen molar-refractivity contribution in [2.75, 3.05) is 6.54 Å². The van der Waals surface area contributed by atoms with E-state index in [1.165, 1.54) is 5.56 Å². The van der Waals surface area contributed by atoms with E-state index in [9.17, 15) is 4.79 Å². The molecule has 1 saturated heterocycles. The first-order chi connectivity index (χ1) is 12.3. The van der Waals surface area contributed by atoms with Gasteiger partial charge in [0, 0.05) is 13.1 Å². The summed E-state index contributed by atoms with van der Waals surface area (Å²) in [6.45, 7) is 7.01. The van der Waals surface area contributed by atoms with Crippen molar-refractivity contribution >= 4 is 34.6 Å². The van der Waals surface area contributed by atoms with E-state index in [4.69, 9.17) is 17.0 Å². The zero-order valence-electron chi connectivity index (χ0n) is 15.3. The first kappa shape index (κ1) is 19.0. The van der Waals surface area contributed by atoms with Gasteiger partial charge in [0.2, 0.25) is 6.23 Å². The van der Waals surface area contributed by atoms with Crippen molar-refractivity contribution in [3.8, 4) is 0 Å². The summed E-state index contributed by atoms with van der Waals surface area (Å²) in [6, 6.07) is 12.2. The third-order valence-corrected chi connectivity index (χ3v) is 5.29. The molecule has 1 unspecified atom stereocenters. The molecule has 4 nitrogen and oxygen atoms in total. The second-order valence-corrected chi connectivity index (χ2v) is 8.50. The summed E-state index contributed by atoms with van der Waals surface area (Å²) in [4.78, 5) is 16.6. The minimum Gasteiger partial charge on any atom is -0.344 e. The van der Waals surface area contributed by atoms with Crippen LogP contribution in [0.2, 0.25) is 0 Å². The monoisotopic (exact) mass is 388 g/mol. The highest BCUT2D eigenvalue weighted by Gasteiger charge is 2.44. The smallest absolute Gasteiger partial charge is 0.279 e. The van der Waals surface area contributed by atoms with Gasteiger partial charge >= 0.3 is 0 Å². The number of hydrogen-bond donors (Lipinski definition) is 0. The van der Waals surface area contributed by atoms with E-state index in [1.54, 1.807) is 16.2 Å². The van der Waals surface area contributed by atoms with Gasteiger partial charge in [-0.15, -0.1) is 0 Å². The molecule has 1 aliphatic rings. The number of thiophene rings is 1. The van der Waals surface area contributed by atoms with Gasteiger partial charge in [-0.2, -0.15) is 11.3 Å². The van der Waals surface area contributed by atoms with Crippen LogP contribution in [0.15, 0.2) is 47.2 Å². The van der Waals surface area contributed by atoms with E-state index in [0.29, 0.717) is 18.2 Å². The molecule has 1 aromatic heterocycles. The van der Waals surface area contributed by atoms with Crippen molar-refractivity contribution in [1.29, 1.82) is 0 Å². The van der Waals surface area contributed by atoms with Gasteiger partial charge in [0.15, 0.2) is 5.11 Å². The van der Waals surface area contributed by atoms with Crippen LogP contribution in [0.1, 0.15) is 31.9 Å². The molecule has 0 N–H and O–H groups in total. The SMILES string of the molecule is CC(C)(C)OC1C(=O)N(CCc2ccccc2)C(=S)N1Cc1ccsc1. The largest absolute Gasteiger partial charge is 0.344 e. The van der Waals surface area contributed by atoms with Gasteiger partial charge in [-0.05, 0) is 67.4 Å². The molecule has 0 bridgehead atoms. The molecule has 0 aliphatic carbocycles. The Bertz CT molecular complexity index is 754. The maximum atomic E-state index is 13.0. The van der Waals surface area contributed by atoms with Crippen LogP contribution in [0.4, 0.5) is 0 Å². The van der Waals surface area contributed by atoms with Crippen LogP contribution >= 0.6 is 23.6 Å². The van der Waals surface area contributed by atoms with Gasteiger partial charge in [0.1, 0.15) is 0 Å². The molecule has 1 aromatic carbocycles. The predicted molar refractivity (Wildman–Crippen MR) is 109 cm³/mol. The fourth-order valence-corrected chi connectivity index (χ4v) is 3.89. The van der Waals surface area contributed by atoms with Crippen molar-refractivity contribution in [3.63, 3.8) is 0 Å². The van der Waals surface area contributed by atoms with Crippen LogP contribution in [0.5, 0.6) is 0 Å². The van der Waals surface area contributed by atoms with E-state index in [1.807, 2.05) is 49.3 Å². The highest BCUT2D eigenvalue weighted by Crippen LogP contribution is 2.26. The number of amides is 1. The lowest BCUT2D eigenvalue weighted by molar-refractivity contribution is -0.156. The minimum absolute atomic E-state index is 0.0731. The molecule has 1 atom stereocenters. The maximum Gasteiger partial charge on any atom is 0.279 e. The lowest BCUT2D eigenvalue weighted by Crippen LogP contribution is -2.41. The average molecular weight is 389 g/mol. The molecule has 0 spiro atoms. The van der Waals surface area contributed by atoms with Gasteiger partial charge in [0.05, 0.1) is 5.60 Å². The zero-order valence-corrected chi connectivity index (χ0v) is 17.0. The van der Waals surface area contributed by atoms with Crippen LogP contribution in [-0.2, 0) is 22.5 Å².